The Hall–Kier alpha value is -1.68. The number of morpholine rings is 2. The predicted octanol–water partition coefficient (Wildman–Crippen LogP) is 2.49. The van der Waals surface area contributed by atoms with Crippen molar-refractivity contribution in [3.63, 3.8) is 0 Å². The van der Waals surface area contributed by atoms with Gasteiger partial charge >= 0.3 is 0 Å². The second kappa shape index (κ2) is 8.76. The summed E-state index contributed by atoms with van der Waals surface area (Å²) < 4.78 is 39.7. The topological polar surface area (TPSA) is 88.2 Å². The van der Waals surface area contributed by atoms with E-state index in [0.717, 1.165) is 12.8 Å². The number of hydrogen-bond donors (Lipinski definition) is 1. The van der Waals surface area contributed by atoms with Crippen molar-refractivity contribution in [3.8, 4) is 0 Å². The summed E-state index contributed by atoms with van der Waals surface area (Å²) >= 11 is 0. The van der Waals surface area contributed by atoms with Gasteiger partial charge in [0, 0.05) is 37.8 Å². The molecule has 9 heteroatoms. The molecule has 1 N–H and O–H groups in total. The second-order valence-electron chi connectivity index (χ2n) is 11.1. The quantitative estimate of drug-likeness (QED) is 0.681. The molecule has 2 bridgehead atoms. The summed E-state index contributed by atoms with van der Waals surface area (Å²) in [6.45, 7) is 10.5. The van der Waals surface area contributed by atoms with Crippen LogP contribution < -0.4 is 10.2 Å². The fourth-order valence-electron chi connectivity index (χ4n) is 6.73. The Morgan fingerprint density at radius 1 is 1.03 bits per heavy atom. The van der Waals surface area contributed by atoms with E-state index in [4.69, 9.17) is 9.47 Å². The van der Waals surface area contributed by atoms with Crippen LogP contribution in [0.4, 0.5) is 5.69 Å². The molecule has 2 aliphatic heterocycles. The molecular weight excluding hydrogens is 454 g/mol. The van der Waals surface area contributed by atoms with Gasteiger partial charge in [-0.25, -0.2) is 8.42 Å². The normalized spacial score (nSPS) is 31.6. The molecule has 3 unspecified atom stereocenters. The standard InChI is InChI=1S/C25H37N3O5S/c1-24(2)19-6-7-25(3,17-19)23(24)26-22(29)18-4-5-20(27-8-12-32-13-9-27)21(16-18)34(30,31)28-10-14-33-15-11-28/h4-5,16,19,23H,6-15,17H2,1-3H3,(H,26,29). The highest BCUT2D eigenvalue weighted by atomic mass is 32.2. The summed E-state index contributed by atoms with van der Waals surface area (Å²) in [5, 5.41) is 3.31. The monoisotopic (exact) mass is 491 g/mol. The van der Waals surface area contributed by atoms with Crippen LogP contribution in [0.25, 0.3) is 0 Å². The highest BCUT2D eigenvalue weighted by Crippen LogP contribution is 2.62. The molecule has 0 radical (unpaired) electrons. The molecule has 0 aromatic heterocycles. The largest absolute Gasteiger partial charge is 0.379 e. The number of amides is 1. The highest BCUT2D eigenvalue weighted by Gasteiger charge is 2.59. The molecule has 8 nitrogen and oxygen atoms in total. The van der Waals surface area contributed by atoms with Gasteiger partial charge < -0.3 is 19.7 Å². The molecular formula is C25H37N3O5S. The van der Waals surface area contributed by atoms with Crippen LogP contribution in [0.1, 0.15) is 50.4 Å². The average Bonchev–Trinajstić information content (AvgIpc) is 3.33. The molecule has 2 heterocycles. The second-order valence-corrected chi connectivity index (χ2v) is 13.0. The van der Waals surface area contributed by atoms with Gasteiger partial charge in [-0.2, -0.15) is 4.31 Å². The molecule has 2 saturated carbocycles. The molecule has 4 aliphatic rings. The van der Waals surface area contributed by atoms with Crippen LogP contribution in [0.3, 0.4) is 0 Å². The van der Waals surface area contributed by atoms with E-state index in [1.807, 2.05) is 4.90 Å². The molecule has 5 rings (SSSR count). The first-order valence-corrected chi connectivity index (χ1v) is 13.9. The number of anilines is 1. The molecule has 1 amide bonds. The summed E-state index contributed by atoms with van der Waals surface area (Å²) in [4.78, 5) is 15.7. The van der Waals surface area contributed by atoms with E-state index < -0.39 is 10.0 Å². The lowest BCUT2D eigenvalue weighted by Crippen LogP contribution is -2.52. The Morgan fingerprint density at radius 3 is 2.29 bits per heavy atom. The summed E-state index contributed by atoms with van der Waals surface area (Å²) in [5.74, 6) is 0.419. The van der Waals surface area contributed by atoms with Gasteiger partial charge in [0.25, 0.3) is 5.91 Å². The lowest BCUT2D eigenvalue weighted by Gasteiger charge is -2.43. The number of nitrogens with zero attached hydrogens (tertiary/aromatic N) is 2. The van der Waals surface area contributed by atoms with Crippen LogP contribution in [0.2, 0.25) is 0 Å². The molecule has 1 aromatic rings. The van der Waals surface area contributed by atoms with Gasteiger partial charge in [0.05, 0.1) is 32.1 Å². The number of rotatable bonds is 5. The van der Waals surface area contributed by atoms with Gasteiger partial charge in [-0.05, 0) is 54.2 Å². The van der Waals surface area contributed by atoms with Crippen LogP contribution >= 0.6 is 0 Å². The molecule has 1 aromatic carbocycles. The van der Waals surface area contributed by atoms with Crippen LogP contribution in [0.5, 0.6) is 0 Å². The maximum absolute atomic E-state index is 13.7. The minimum atomic E-state index is -3.78. The Kier molecular flexibility index (Phi) is 6.19. The van der Waals surface area contributed by atoms with E-state index >= 15 is 0 Å². The summed E-state index contributed by atoms with van der Waals surface area (Å²) in [6, 6.07) is 5.21. The number of carbonyl (C=O) groups is 1. The summed E-state index contributed by atoms with van der Waals surface area (Å²) in [7, 11) is -3.78. The van der Waals surface area contributed by atoms with Crippen LogP contribution in [-0.2, 0) is 19.5 Å². The first kappa shape index (κ1) is 24.0. The number of benzene rings is 1. The van der Waals surface area contributed by atoms with Crippen molar-refractivity contribution in [1.82, 2.24) is 9.62 Å². The van der Waals surface area contributed by atoms with Gasteiger partial charge in [0.2, 0.25) is 10.0 Å². The maximum atomic E-state index is 13.7. The lowest BCUT2D eigenvalue weighted by molar-refractivity contribution is 0.0728. The summed E-state index contributed by atoms with van der Waals surface area (Å²) in [5.41, 5.74) is 1.16. The third-order valence-electron chi connectivity index (χ3n) is 8.71. The summed E-state index contributed by atoms with van der Waals surface area (Å²) in [6.07, 6.45) is 3.47. The zero-order valence-corrected chi connectivity index (χ0v) is 21.3. The van der Waals surface area contributed by atoms with E-state index in [1.54, 1.807) is 18.2 Å². The molecule has 0 spiro atoms. The van der Waals surface area contributed by atoms with Crippen molar-refractivity contribution in [2.75, 3.05) is 57.5 Å². The first-order valence-electron chi connectivity index (χ1n) is 12.5. The van der Waals surface area contributed by atoms with Crippen LogP contribution in [0, 0.1) is 16.7 Å². The number of nitrogens with one attached hydrogen (secondary N) is 1. The van der Waals surface area contributed by atoms with Crippen LogP contribution in [-0.4, -0.2) is 77.3 Å². The molecule has 2 saturated heterocycles. The zero-order valence-electron chi connectivity index (χ0n) is 20.5. The number of hydrogen-bond acceptors (Lipinski definition) is 6. The van der Waals surface area contributed by atoms with E-state index in [0.29, 0.717) is 69.8 Å². The molecule has 2 aliphatic carbocycles. The average molecular weight is 492 g/mol. The van der Waals surface area contributed by atoms with Crippen molar-refractivity contribution in [1.29, 1.82) is 0 Å². The maximum Gasteiger partial charge on any atom is 0.251 e. The number of carbonyl (C=O) groups excluding carboxylic acids is 1. The van der Waals surface area contributed by atoms with Gasteiger partial charge in [0.1, 0.15) is 4.90 Å². The highest BCUT2D eigenvalue weighted by molar-refractivity contribution is 7.89. The smallest absolute Gasteiger partial charge is 0.251 e. The zero-order chi connectivity index (χ0) is 24.1. The third-order valence-corrected chi connectivity index (χ3v) is 10.6. The van der Waals surface area contributed by atoms with Gasteiger partial charge in [-0.15, -0.1) is 0 Å². The minimum absolute atomic E-state index is 0.0269. The Labute approximate surface area is 203 Å². The number of sulfonamides is 1. The lowest BCUT2D eigenvalue weighted by atomic mass is 9.68. The van der Waals surface area contributed by atoms with Crippen molar-refractivity contribution in [2.45, 2.75) is 51.0 Å². The molecule has 34 heavy (non-hydrogen) atoms. The van der Waals surface area contributed by atoms with Gasteiger partial charge in [-0.3, -0.25) is 4.79 Å². The van der Waals surface area contributed by atoms with E-state index in [-0.39, 0.29) is 27.7 Å². The fraction of sp³-hybridized carbons (Fsp3) is 0.720. The third kappa shape index (κ3) is 4.04. The van der Waals surface area contributed by atoms with Gasteiger partial charge in [-0.1, -0.05) is 20.8 Å². The van der Waals surface area contributed by atoms with E-state index in [2.05, 4.69) is 26.1 Å². The Balaban J connectivity index is 1.47. The van der Waals surface area contributed by atoms with E-state index in [9.17, 15) is 13.2 Å². The Bertz CT molecular complexity index is 1040. The minimum Gasteiger partial charge on any atom is -0.379 e. The molecule has 4 fully saturated rings. The fourth-order valence-corrected chi connectivity index (χ4v) is 8.38. The van der Waals surface area contributed by atoms with E-state index in [1.165, 1.54) is 10.7 Å². The molecule has 3 atom stereocenters. The number of fused-ring (bicyclic) bond motifs is 2. The Morgan fingerprint density at radius 2 is 1.68 bits per heavy atom. The van der Waals surface area contributed by atoms with Crippen molar-refractivity contribution in [3.05, 3.63) is 23.8 Å². The van der Waals surface area contributed by atoms with Crippen molar-refractivity contribution in [2.24, 2.45) is 16.7 Å². The first-order chi connectivity index (χ1) is 16.1. The number of ether oxygens (including phenoxy) is 2. The van der Waals surface area contributed by atoms with Crippen molar-refractivity contribution < 1.29 is 22.7 Å². The predicted molar refractivity (Wildman–Crippen MR) is 130 cm³/mol. The SMILES string of the molecule is CC12CCC(C1)C(C)(C)C2NC(=O)c1ccc(N2CCOCC2)c(S(=O)(=O)N2CCOCC2)c1. The van der Waals surface area contributed by atoms with Gasteiger partial charge in [0.15, 0.2) is 0 Å². The molecule has 188 valence electrons. The van der Waals surface area contributed by atoms with Crippen molar-refractivity contribution >= 4 is 21.6 Å². The van der Waals surface area contributed by atoms with Crippen LogP contribution in [0.15, 0.2) is 23.1 Å².